The van der Waals surface area contributed by atoms with Crippen LogP contribution in [0.3, 0.4) is 0 Å². The van der Waals surface area contributed by atoms with Gasteiger partial charge >= 0.3 is 5.97 Å². The van der Waals surface area contributed by atoms with Crippen LogP contribution in [0.15, 0.2) is 59.5 Å². The normalized spacial score (nSPS) is 15.0. The van der Waals surface area contributed by atoms with Crippen LogP contribution in [0.4, 0.5) is 5.69 Å². The van der Waals surface area contributed by atoms with Crippen molar-refractivity contribution in [2.75, 3.05) is 24.4 Å². The number of hydrogen-bond acceptors (Lipinski definition) is 5. The summed E-state index contributed by atoms with van der Waals surface area (Å²) in [5, 5.41) is 0. The molecular formula is C21H24N2O5S. The number of esters is 1. The molecule has 29 heavy (non-hydrogen) atoms. The lowest BCUT2D eigenvalue weighted by atomic mass is 9.96. The molecule has 154 valence electrons. The van der Waals surface area contributed by atoms with Crippen LogP contribution in [0.2, 0.25) is 0 Å². The van der Waals surface area contributed by atoms with E-state index in [-0.39, 0.29) is 22.7 Å². The van der Waals surface area contributed by atoms with Gasteiger partial charge in [0.2, 0.25) is 0 Å². The van der Waals surface area contributed by atoms with E-state index in [2.05, 4.69) is 4.72 Å². The number of amides is 1. The Morgan fingerprint density at radius 1 is 1.03 bits per heavy atom. The van der Waals surface area contributed by atoms with Crippen LogP contribution in [0, 0.1) is 5.92 Å². The van der Waals surface area contributed by atoms with Gasteiger partial charge in [-0.25, -0.2) is 8.42 Å². The predicted octanol–water partition coefficient (Wildman–Crippen LogP) is 2.90. The van der Waals surface area contributed by atoms with Gasteiger partial charge in [0, 0.05) is 24.3 Å². The molecule has 0 spiro atoms. The average Bonchev–Trinajstić information content (AvgIpc) is 2.74. The summed E-state index contributed by atoms with van der Waals surface area (Å²) in [7, 11) is -3.68. The maximum absolute atomic E-state index is 12.7. The van der Waals surface area contributed by atoms with E-state index in [0.717, 1.165) is 0 Å². The molecule has 0 saturated carbocycles. The predicted molar refractivity (Wildman–Crippen MR) is 109 cm³/mol. The molecule has 0 unspecified atom stereocenters. The third-order valence-electron chi connectivity index (χ3n) is 4.84. The lowest BCUT2D eigenvalue weighted by molar-refractivity contribution is -0.149. The van der Waals surface area contributed by atoms with Gasteiger partial charge in [-0.2, -0.15) is 0 Å². The second-order valence-corrected chi connectivity index (χ2v) is 8.50. The smallest absolute Gasteiger partial charge is 0.309 e. The number of ether oxygens (including phenoxy) is 1. The van der Waals surface area contributed by atoms with E-state index >= 15 is 0 Å². The summed E-state index contributed by atoms with van der Waals surface area (Å²) in [6, 6.07) is 14.4. The third-order valence-corrected chi connectivity index (χ3v) is 6.24. The fraction of sp³-hybridized carbons (Fsp3) is 0.333. The van der Waals surface area contributed by atoms with Gasteiger partial charge in [0.05, 0.1) is 17.4 Å². The number of hydrogen-bond donors (Lipinski definition) is 1. The summed E-state index contributed by atoms with van der Waals surface area (Å²) in [4.78, 5) is 26.4. The number of nitrogens with zero attached hydrogens (tertiary/aromatic N) is 1. The zero-order chi connectivity index (χ0) is 20.9. The van der Waals surface area contributed by atoms with E-state index < -0.39 is 10.0 Å². The van der Waals surface area contributed by atoms with Crippen LogP contribution in [0.5, 0.6) is 0 Å². The molecule has 8 heteroatoms. The quantitative estimate of drug-likeness (QED) is 0.731. The molecule has 1 N–H and O–H groups in total. The first kappa shape index (κ1) is 20.9. The Morgan fingerprint density at radius 3 is 2.24 bits per heavy atom. The molecule has 7 nitrogen and oxygen atoms in total. The van der Waals surface area contributed by atoms with Crippen LogP contribution in [-0.2, 0) is 19.6 Å². The van der Waals surface area contributed by atoms with Crippen molar-refractivity contribution in [3.63, 3.8) is 0 Å². The van der Waals surface area contributed by atoms with Crippen molar-refractivity contribution >= 4 is 27.6 Å². The number of likely N-dealkylation sites (tertiary alicyclic amines) is 1. The first-order valence-electron chi connectivity index (χ1n) is 9.54. The maximum atomic E-state index is 12.7. The lowest BCUT2D eigenvalue weighted by Gasteiger charge is -2.31. The summed E-state index contributed by atoms with van der Waals surface area (Å²) in [5.74, 6) is -0.492. The minimum absolute atomic E-state index is 0.134. The standard InChI is InChI=1S/C21H24N2O5S/c1-2-28-21(25)17-12-14-23(15-13-17)20(24)16-8-10-18(11-9-16)22-29(26,27)19-6-4-3-5-7-19/h3-11,17,22H,2,12-15H2,1H3. The Morgan fingerprint density at radius 2 is 1.66 bits per heavy atom. The van der Waals surface area contributed by atoms with E-state index in [1.807, 2.05) is 0 Å². The Bertz CT molecular complexity index is 950. The Balaban J connectivity index is 1.60. The summed E-state index contributed by atoms with van der Waals surface area (Å²) < 4.78 is 32.3. The van der Waals surface area contributed by atoms with Crippen molar-refractivity contribution in [1.29, 1.82) is 0 Å². The monoisotopic (exact) mass is 416 g/mol. The van der Waals surface area contributed by atoms with Gasteiger partial charge in [0.1, 0.15) is 0 Å². The summed E-state index contributed by atoms with van der Waals surface area (Å²) in [6.07, 6.45) is 1.17. The van der Waals surface area contributed by atoms with Crippen LogP contribution in [-0.4, -0.2) is 44.9 Å². The second-order valence-electron chi connectivity index (χ2n) is 6.81. The topological polar surface area (TPSA) is 92.8 Å². The van der Waals surface area contributed by atoms with Crippen molar-refractivity contribution in [2.24, 2.45) is 5.92 Å². The van der Waals surface area contributed by atoms with Crippen molar-refractivity contribution in [3.8, 4) is 0 Å². The van der Waals surface area contributed by atoms with E-state index in [4.69, 9.17) is 4.74 Å². The molecule has 3 rings (SSSR count). The average molecular weight is 416 g/mol. The zero-order valence-corrected chi connectivity index (χ0v) is 17.0. The molecule has 0 bridgehead atoms. The van der Waals surface area contributed by atoms with Gasteiger partial charge in [0.25, 0.3) is 15.9 Å². The van der Waals surface area contributed by atoms with Gasteiger partial charge in [0.15, 0.2) is 0 Å². The Kier molecular flexibility index (Phi) is 6.53. The van der Waals surface area contributed by atoms with Gasteiger partial charge in [-0.15, -0.1) is 0 Å². The summed E-state index contributed by atoms with van der Waals surface area (Å²) in [6.45, 7) is 3.12. The minimum atomic E-state index is -3.68. The fourth-order valence-corrected chi connectivity index (χ4v) is 4.34. The van der Waals surface area contributed by atoms with Crippen molar-refractivity contribution in [2.45, 2.75) is 24.7 Å². The first-order valence-corrected chi connectivity index (χ1v) is 11.0. The van der Waals surface area contributed by atoms with E-state index in [0.29, 0.717) is 43.8 Å². The van der Waals surface area contributed by atoms with Crippen molar-refractivity contribution in [3.05, 3.63) is 60.2 Å². The fourth-order valence-electron chi connectivity index (χ4n) is 3.26. The number of carbonyl (C=O) groups is 2. The minimum Gasteiger partial charge on any atom is -0.466 e. The van der Waals surface area contributed by atoms with E-state index in [1.165, 1.54) is 12.1 Å². The molecule has 1 aliphatic rings. The van der Waals surface area contributed by atoms with Gasteiger partial charge in [-0.05, 0) is 56.2 Å². The van der Waals surface area contributed by atoms with Crippen LogP contribution in [0.25, 0.3) is 0 Å². The molecule has 1 heterocycles. The van der Waals surface area contributed by atoms with Gasteiger partial charge in [-0.1, -0.05) is 18.2 Å². The summed E-state index contributed by atoms with van der Waals surface area (Å²) in [5.41, 5.74) is 0.855. The Labute approximate surface area is 170 Å². The highest BCUT2D eigenvalue weighted by Gasteiger charge is 2.28. The number of anilines is 1. The molecule has 1 amide bonds. The van der Waals surface area contributed by atoms with Gasteiger partial charge in [-0.3, -0.25) is 14.3 Å². The number of sulfonamides is 1. The number of nitrogens with one attached hydrogen (secondary N) is 1. The first-order chi connectivity index (χ1) is 13.9. The highest BCUT2D eigenvalue weighted by molar-refractivity contribution is 7.92. The van der Waals surface area contributed by atoms with Crippen molar-refractivity contribution in [1.82, 2.24) is 4.90 Å². The lowest BCUT2D eigenvalue weighted by Crippen LogP contribution is -2.40. The van der Waals surface area contributed by atoms with E-state index in [1.54, 1.807) is 54.3 Å². The molecule has 1 aliphatic heterocycles. The molecule has 2 aromatic carbocycles. The molecule has 2 aromatic rings. The number of carbonyl (C=O) groups excluding carboxylic acids is 2. The van der Waals surface area contributed by atoms with Gasteiger partial charge < -0.3 is 9.64 Å². The van der Waals surface area contributed by atoms with Crippen molar-refractivity contribution < 1.29 is 22.7 Å². The Hall–Kier alpha value is -2.87. The second kappa shape index (κ2) is 9.09. The highest BCUT2D eigenvalue weighted by atomic mass is 32.2. The molecular weight excluding hydrogens is 392 g/mol. The largest absolute Gasteiger partial charge is 0.466 e. The molecule has 0 aliphatic carbocycles. The van der Waals surface area contributed by atoms with Crippen LogP contribution in [0.1, 0.15) is 30.1 Å². The number of benzene rings is 2. The zero-order valence-electron chi connectivity index (χ0n) is 16.2. The maximum Gasteiger partial charge on any atom is 0.309 e. The molecule has 1 fully saturated rings. The highest BCUT2D eigenvalue weighted by Crippen LogP contribution is 2.22. The SMILES string of the molecule is CCOC(=O)C1CCN(C(=O)c2ccc(NS(=O)(=O)c3ccccc3)cc2)CC1. The van der Waals surface area contributed by atoms with Crippen LogP contribution >= 0.6 is 0 Å². The number of rotatable bonds is 6. The molecule has 1 saturated heterocycles. The summed E-state index contributed by atoms with van der Waals surface area (Å²) >= 11 is 0. The van der Waals surface area contributed by atoms with Crippen LogP contribution < -0.4 is 4.72 Å². The molecule has 0 aromatic heterocycles. The number of piperidine rings is 1. The molecule has 0 atom stereocenters. The third kappa shape index (κ3) is 5.14. The van der Waals surface area contributed by atoms with E-state index in [9.17, 15) is 18.0 Å². The molecule has 0 radical (unpaired) electrons.